The number of anilines is 1. The standard InChI is InChI=1S/C15H19N3/c1-4-14-17-13(10-15(18-14)16-5-2)12-9-7-6-8-11(12)3/h6-10H,4-5H2,1-3H3,(H,16,17,18). The Morgan fingerprint density at radius 2 is 1.89 bits per heavy atom. The Balaban J connectivity index is 2.50. The molecular weight excluding hydrogens is 222 g/mol. The number of nitrogens with zero attached hydrogens (tertiary/aromatic N) is 2. The van der Waals surface area contributed by atoms with E-state index in [1.165, 1.54) is 11.1 Å². The third-order valence-corrected chi connectivity index (χ3v) is 2.87. The number of hydrogen-bond acceptors (Lipinski definition) is 3. The number of rotatable bonds is 4. The molecule has 3 heteroatoms. The number of benzene rings is 1. The lowest BCUT2D eigenvalue weighted by atomic mass is 10.1. The van der Waals surface area contributed by atoms with Crippen LogP contribution < -0.4 is 5.32 Å². The van der Waals surface area contributed by atoms with E-state index < -0.39 is 0 Å². The maximum Gasteiger partial charge on any atom is 0.131 e. The molecule has 0 saturated carbocycles. The Kier molecular flexibility index (Phi) is 3.92. The molecule has 2 rings (SSSR count). The van der Waals surface area contributed by atoms with E-state index in [1.807, 2.05) is 18.2 Å². The summed E-state index contributed by atoms with van der Waals surface area (Å²) in [5, 5.41) is 3.26. The van der Waals surface area contributed by atoms with E-state index in [0.717, 1.165) is 30.3 Å². The summed E-state index contributed by atoms with van der Waals surface area (Å²) in [4.78, 5) is 9.09. The van der Waals surface area contributed by atoms with Gasteiger partial charge in [0.2, 0.25) is 0 Å². The Labute approximate surface area is 108 Å². The van der Waals surface area contributed by atoms with E-state index in [9.17, 15) is 0 Å². The molecule has 0 atom stereocenters. The fourth-order valence-electron chi connectivity index (χ4n) is 1.93. The maximum absolute atomic E-state index is 4.61. The highest BCUT2D eigenvalue weighted by Gasteiger charge is 2.07. The van der Waals surface area contributed by atoms with Crippen LogP contribution in [0, 0.1) is 6.92 Å². The van der Waals surface area contributed by atoms with Crippen LogP contribution in [0.4, 0.5) is 5.82 Å². The van der Waals surface area contributed by atoms with Crippen molar-refractivity contribution in [2.45, 2.75) is 27.2 Å². The minimum Gasteiger partial charge on any atom is -0.370 e. The van der Waals surface area contributed by atoms with Gasteiger partial charge in [0, 0.05) is 24.6 Å². The summed E-state index contributed by atoms with van der Waals surface area (Å²) in [7, 11) is 0. The van der Waals surface area contributed by atoms with Crippen LogP contribution >= 0.6 is 0 Å². The third kappa shape index (κ3) is 2.67. The van der Waals surface area contributed by atoms with Crippen LogP contribution in [0.5, 0.6) is 0 Å². The van der Waals surface area contributed by atoms with Gasteiger partial charge in [-0.3, -0.25) is 0 Å². The molecule has 0 radical (unpaired) electrons. The van der Waals surface area contributed by atoms with Gasteiger partial charge in [0.25, 0.3) is 0 Å². The van der Waals surface area contributed by atoms with Crippen LogP contribution in [0.25, 0.3) is 11.3 Å². The number of nitrogens with one attached hydrogen (secondary N) is 1. The van der Waals surface area contributed by atoms with Gasteiger partial charge < -0.3 is 5.32 Å². The molecule has 1 N–H and O–H groups in total. The highest BCUT2D eigenvalue weighted by Crippen LogP contribution is 2.23. The summed E-state index contributed by atoms with van der Waals surface area (Å²) in [5.41, 5.74) is 3.41. The molecule has 0 bridgehead atoms. The van der Waals surface area contributed by atoms with Crippen molar-refractivity contribution in [2.75, 3.05) is 11.9 Å². The lowest BCUT2D eigenvalue weighted by Gasteiger charge is -2.09. The first-order chi connectivity index (χ1) is 8.74. The van der Waals surface area contributed by atoms with Gasteiger partial charge in [-0.25, -0.2) is 9.97 Å². The molecule has 0 aliphatic carbocycles. The molecule has 1 heterocycles. The molecule has 94 valence electrons. The van der Waals surface area contributed by atoms with Crippen molar-refractivity contribution < 1.29 is 0 Å². The first-order valence-electron chi connectivity index (χ1n) is 6.42. The van der Waals surface area contributed by atoms with E-state index in [-0.39, 0.29) is 0 Å². The van der Waals surface area contributed by atoms with E-state index >= 15 is 0 Å². The molecule has 0 saturated heterocycles. The van der Waals surface area contributed by atoms with Gasteiger partial charge in [0.1, 0.15) is 11.6 Å². The van der Waals surface area contributed by atoms with Gasteiger partial charge in [-0.15, -0.1) is 0 Å². The Hall–Kier alpha value is -1.90. The molecule has 3 nitrogen and oxygen atoms in total. The fourth-order valence-corrected chi connectivity index (χ4v) is 1.93. The van der Waals surface area contributed by atoms with E-state index in [1.54, 1.807) is 0 Å². The summed E-state index contributed by atoms with van der Waals surface area (Å²) in [6.07, 6.45) is 0.845. The van der Waals surface area contributed by atoms with Crippen molar-refractivity contribution in [3.8, 4) is 11.3 Å². The summed E-state index contributed by atoms with van der Waals surface area (Å²) in [6.45, 7) is 7.12. The zero-order valence-corrected chi connectivity index (χ0v) is 11.2. The summed E-state index contributed by atoms with van der Waals surface area (Å²) in [6, 6.07) is 10.3. The first-order valence-corrected chi connectivity index (χ1v) is 6.42. The SMILES string of the molecule is CCNc1cc(-c2ccccc2C)nc(CC)n1. The average molecular weight is 241 g/mol. The number of aromatic nitrogens is 2. The van der Waals surface area contributed by atoms with Gasteiger partial charge >= 0.3 is 0 Å². The zero-order chi connectivity index (χ0) is 13.0. The predicted molar refractivity (Wildman–Crippen MR) is 75.7 cm³/mol. The Bertz CT molecular complexity index is 535. The van der Waals surface area contributed by atoms with Crippen molar-refractivity contribution in [1.82, 2.24) is 9.97 Å². The summed E-state index contributed by atoms with van der Waals surface area (Å²) < 4.78 is 0. The van der Waals surface area contributed by atoms with Crippen molar-refractivity contribution in [2.24, 2.45) is 0 Å². The molecule has 0 aliphatic heterocycles. The van der Waals surface area contributed by atoms with Crippen LogP contribution in [-0.4, -0.2) is 16.5 Å². The fraction of sp³-hybridized carbons (Fsp3) is 0.333. The third-order valence-electron chi connectivity index (χ3n) is 2.87. The van der Waals surface area contributed by atoms with Crippen molar-refractivity contribution in [3.05, 3.63) is 41.7 Å². The smallest absolute Gasteiger partial charge is 0.131 e. The molecule has 0 aliphatic rings. The summed E-state index contributed by atoms with van der Waals surface area (Å²) >= 11 is 0. The predicted octanol–water partition coefficient (Wildman–Crippen LogP) is 3.45. The largest absolute Gasteiger partial charge is 0.370 e. The lowest BCUT2D eigenvalue weighted by Crippen LogP contribution is -2.04. The quantitative estimate of drug-likeness (QED) is 0.891. The molecule has 1 aromatic heterocycles. The van der Waals surface area contributed by atoms with Crippen LogP contribution in [0.1, 0.15) is 25.2 Å². The summed E-state index contributed by atoms with van der Waals surface area (Å²) in [5.74, 6) is 1.79. The van der Waals surface area contributed by atoms with Gasteiger partial charge in [0.05, 0.1) is 5.69 Å². The van der Waals surface area contributed by atoms with Crippen LogP contribution in [-0.2, 0) is 6.42 Å². The molecule has 0 fully saturated rings. The van der Waals surface area contributed by atoms with Gasteiger partial charge in [-0.2, -0.15) is 0 Å². The van der Waals surface area contributed by atoms with E-state index in [0.29, 0.717) is 0 Å². The van der Waals surface area contributed by atoms with Crippen LogP contribution in [0.2, 0.25) is 0 Å². The minimum atomic E-state index is 0.845. The second kappa shape index (κ2) is 5.63. The van der Waals surface area contributed by atoms with Crippen molar-refractivity contribution in [3.63, 3.8) is 0 Å². The Morgan fingerprint density at radius 1 is 1.11 bits per heavy atom. The number of hydrogen-bond donors (Lipinski definition) is 1. The van der Waals surface area contributed by atoms with Gasteiger partial charge in [0.15, 0.2) is 0 Å². The molecule has 0 amide bonds. The average Bonchev–Trinajstić information content (AvgIpc) is 2.39. The molecule has 2 aromatic rings. The first kappa shape index (κ1) is 12.6. The monoisotopic (exact) mass is 241 g/mol. The zero-order valence-electron chi connectivity index (χ0n) is 11.2. The van der Waals surface area contributed by atoms with Crippen LogP contribution in [0.3, 0.4) is 0 Å². The molecule has 18 heavy (non-hydrogen) atoms. The minimum absolute atomic E-state index is 0.845. The van der Waals surface area contributed by atoms with E-state index in [2.05, 4.69) is 48.2 Å². The highest BCUT2D eigenvalue weighted by molar-refractivity contribution is 5.65. The molecule has 0 spiro atoms. The molecular formula is C15H19N3. The molecule has 1 aromatic carbocycles. The number of aryl methyl sites for hydroxylation is 2. The highest BCUT2D eigenvalue weighted by atomic mass is 15.0. The maximum atomic E-state index is 4.61. The van der Waals surface area contributed by atoms with Gasteiger partial charge in [-0.05, 0) is 19.4 Å². The van der Waals surface area contributed by atoms with Crippen LogP contribution in [0.15, 0.2) is 30.3 Å². The van der Waals surface area contributed by atoms with E-state index in [4.69, 9.17) is 0 Å². The van der Waals surface area contributed by atoms with Gasteiger partial charge in [-0.1, -0.05) is 31.2 Å². The second-order valence-corrected chi connectivity index (χ2v) is 4.25. The Morgan fingerprint density at radius 3 is 2.56 bits per heavy atom. The lowest BCUT2D eigenvalue weighted by molar-refractivity contribution is 0.939. The van der Waals surface area contributed by atoms with Crippen molar-refractivity contribution in [1.29, 1.82) is 0 Å². The molecule has 0 unspecified atom stereocenters. The second-order valence-electron chi connectivity index (χ2n) is 4.25. The van der Waals surface area contributed by atoms with Crippen molar-refractivity contribution >= 4 is 5.82 Å². The topological polar surface area (TPSA) is 37.8 Å². The normalized spacial score (nSPS) is 10.4.